The highest BCUT2D eigenvalue weighted by Gasteiger charge is 2.30. The lowest BCUT2D eigenvalue weighted by molar-refractivity contribution is -0.125. The second kappa shape index (κ2) is 9.29. The van der Waals surface area contributed by atoms with Crippen molar-refractivity contribution < 1.29 is 28.4 Å². The lowest BCUT2D eigenvalue weighted by Crippen LogP contribution is -2.26. The van der Waals surface area contributed by atoms with Crippen LogP contribution in [0.2, 0.25) is 0 Å². The molecule has 0 aliphatic heterocycles. The highest BCUT2D eigenvalue weighted by atomic mass is 16.5. The van der Waals surface area contributed by atoms with Crippen molar-refractivity contribution >= 4 is 23.7 Å². The Bertz CT molecular complexity index is 1100. The molecule has 1 atom stereocenters. The van der Waals surface area contributed by atoms with Crippen molar-refractivity contribution in [3.05, 3.63) is 70.2 Å². The van der Waals surface area contributed by atoms with E-state index in [4.69, 9.17) is 14.0 Å². The average Bonchev–Trinajstić information content (AvgIpc) is 3.33. The van der Waals surface area contributed by atoms with Crippen LogP contribution in [0.3, 0.4) is 0 Å². The minimum absolute atomic E-state index is 0.0864. The van der Waals surface area contributed by atoms with Gasteiger partial charge in [-0.1, -0.05) is 42.4 Å². The summed E-state index contributed by atoms with van der Waals surface area (Å²) in [7, 11) is 1.27. The Balaban J connectivity index is 1.91. The lowest BCUT2D eigenvalue weighted by Gasteiger charge is -2.17. The summed E-state index contributed by atoms with van der Waals surface area (Å²) in [6.45, 7) is 5.15. The molecule has 1 amide bonds. The van der Waals surface area contributed by atoms with E-state index in [0.29, 0.717) is 29.0 Å². The predicted octanol–water partition coefficient (Wildman–Crippen LogP) is 3.51. The molecule has 0 saturated carbocycles. The second-order valence-corrected chi connectivity index (χ2v) is 6.83. The number of anilines is 1. The van der Waals surface area contributed by atoms with Crippen LogP contribution in [-0.2, 0) is 20.7 Å². The van der Waals surface area contributed by atoms with Crippen molar-refractivity contribution in [3.8, 4) is 0 Å². The molecule has 2 N–H and O–H groups in total. The van der Waals surface area contributed by atoms with Gasteiger partial charge in [-0.2, -0.15) is 0 Å². The van der Waals surface area contributed by atoms with E-state index in [1.807, 2.05) is 6.92 Å². The summed E-state index contributed by atoms with van der Waals surface area (Å²) in [5, 5.41) is 6.32. The molecule has 31 heavy (non-hydrogen) atoms. The number of H-pyrrole nitrogens is 1. The lowest BCUT2D eigenvalue weighted by atomic mass is 10.1. The fourth-order valence-electron chi connectivity index (χ4n) is 3.19. The van der Waals surface area contributed by atoms with Gasteiger partial charge < -0.3 is 24.3 Å². The molecule has 3 aromatic rings. The van der Waals surface area contributed by atoms with Gasteiger partial charge in [-0.15, -0.1) is 0 Å². The predicted molar refractivity (Wildman–Crippen MR) is 111 cm³/mol. The number of aryl methyl sites for hydroxylation is 2. The normalized spacial score (nSPS) is 11.6. The van der Waals surface area contributed by atoms with Crippen LogP contribution in [0, 0.1) is 13.8 Å². The van der Waals surface area contributed by atoms with Crippen molar-refractivity contribution in [3.63, 3.8) is 0 Å². The summed E-state index contributed by atoms with van der Waals surface area (Å²) < 4.78 is 15.4. The van der Waals surface area contributed by atoms with E-state index in [1.165, 1.54) is 7.11 Å². The summed E-state index contributed by atoms with van der Waals surface area (Å²) in [5.41, 5.74) is 1.80. The van der Waals surface area contributed by atoms with E-state index in [9.17, 15) is 14.4 Å². The van der Waals surface area contributed by atoms with Gasteiger partial charge in [0.15, 0.2) is 5.82 Å². The highest BCUT2D eigenvalue weighted by Crippen LogP contribution is 2.25. The third-order valence-corrected chi connectivity index (χ3v) is 4.72. The summed E-state index contributed by atoms with van der Waals surface area (Å²) in [6.07, 6.45) is -0.771. The van der Waals surface area contributed by atoms with Gasteiger partial charge in [-0.05, 0) is 25.8 Å². The number of aromatic amines is 1. The molecule has 9 heteroatoms. The topological polar surface area (TPSA) is 124 Å². The Morgan fingerprint density at radius 2 is 1.87 bits per heavy atom. The van der Waals surface area contributed by atoms with Crippen molar-refractivity contribution in [2.75, 3.05) is 12.4 Å². The molecular formula is C22H23N3O6. The smallest absolute Gasteiger partial charge is 0.356 e. The van der Waals surface area contributed by atoms with E-state index < -0.39 is 23.9 Å². The van der Waals surface area contributed by atoms with Crippen LogP contribution in [0.5, 0.6) is 0 Å². The number of hydrogen-bond acceptors (Lipinski definition) is 7. The first kappa shape index (κ1) is 21.8. The number of carbonyl (C=O) groups is 3. The largest absolute Gasteiger partial charge is 0.465 e. The first-order valence-electron chi connectivity index (χ1n) is 9.65. The molecule has 3 rings (SSSR count). The average molecular weight is 425 g/mol. The van der Waals surface area contributed by atoms with Gasteiger partial charge in [-0.25, -0.2) is 9.59 Å². The number of benzene rings is 1. The van der Waals surface area contributed by atoms with Crippen LogP contribution in [0.4, 0.5) is 5.82 Å². The quantitative estimate of drug-likeness (QED) is 0.555. The molecule has 0 fully saturated rings. The Morgan fingerprint density at radius 3 is 2.45 bits per heavy atom. The number of hydrogen-bond donors (Lipinski definition) is 2. The van der Waals surface area contributed by atoms with Gasteiger partial charge in [0.1, 0.15) is 11.5 Å². The number of ether oxygens (including phenoxy) is 2. The van der Waals surface area contributed by atoms with Crippen LogP contribution >= 0.6 is 0 Å². The Hall–Kier alpha value is -3.88. The zero-order valence-electron chi connectivity index (χ0n) is 17.6. The van der Waals surface area contributed by atoms with Crippen LogP contribution in [0.15, 0.2) is 40.9 Å². The maximum atomic E-state index is 13.0. The van der Waals surface area contributed by atoms with Gasteiger partial charge in [0.05, 0.1) is 12.7 Å². The zero-order chi connectivity index (χ0) is 22.5. The summed E-state index contributed by atoms with van der Waals surface area (Å²) in [4.78, 5) is 40.9. The second-order valence-electron chi connectivity index (χ2n) is 6.83. The minimum Gasteiger partial charge on any atom is -0.465 e. The van der Waals surface area contributed by atoms with E-state index in [1.54, 1.807) is 50.2 Å². The fraction of sp³-hybridized carbons (Fsp3) is 0.273. The number of methoxy groups -OCH3 is 1. The molecule has 0 aliphatic carbocycles. The van der Waals surface area contributed by atoms with E-state index >= 15 is 0 Å². The molecule has 2 aromatic heterocycles. The van der Waals surface area contributed by atoms with Gasteiger partial charge in [0.2, 0.25) is 6.10 Å². The molecule has 0 saturated heterocycles. The molecule has 0 radical (unpaired) electrons. The molecule has 9 nitrogen and oxygen atoms in total. The molecule has 1 unspecified atom stereocenters. The van der Waals surface area contributed by atoms with Gasteiger partial charge in [-0.3, -0.25) is 4.79 Å². The van der Waals surface area contributed by atoms with Crippen LogP contribution in [0.25, 0.3) is 0 Å². The SMILES string of the molecule is CCc1[nH]c(C(=O)OC(C(=O)Nc2cc(C)on2)c2ccccc2)c(C)c1C(=O)OC. The Kier molecular flexibility index (Phi) is 6.54. The number of nitrogens with one attached hydrogen (secondary N) is 2. The number of carbonyl (C=O) groups excluding carboxylic acids is 3. The van der Waals surface area contributed by atoms with E-state index in [-0.39, 0.29) is 17.1 Å². The van der Waals surface area contributed by atoms with E-state index in [2.05, 4.69) is 15.5 Å². The third-order valence-electron chi connectivity index (χ3n) is 4.72. The molecular weight excluding hydrogens is 402 g/mol. The molecule has 0 aliphatic rings. The van der Waals surface area contributed by atoms with Crippen molar-refractivity contribution in [2.45, 2.75) is 33.3 Å². The fourth-order valence-corrected chi connectivity index (χ4v) is 3.19. The van der Waals surface area contributed by atoms with Gasteiger partial charge in [0.25, 0.3) is 5.91 Å². The Labute approximate surface area is 178 Å². The number of amides is 1. The molecule has 2 heterocycles. The highest BCUT2D eigenvalue weighted by molar-refractivity contribution is 6.00. The molecule has 1 aromatic carbocycles. The van der Waals surface area contributed by atoms with Crippen LogP contribution in [-0.4, -0.2) is 35.1 Å². The number of aromatic nitrogens is 2. The van der Waals surface area contributed by atoms with Crippen molar-refractivity contribution in [1.29, 1.82) is 0 Å². The first-order valence-corrected chi connectivity index (χ1v) is 9.65. The number of rotatable bonds is 7. The van der Waals surface area contributed by atoms with Gasteiger partial charge >= 0.3 is 11.9 Å². The zero-order valence-corrected chi connectivity index (χ0v) is 17.6. The summed E-state index contributed by atoms with van der Waals surface area (Å²) in [6, 6.07) is 10.1. The van der Waals surface area contributed by atoms with Crippen LogP contribution < -0.4 is 5.32 Å². The molecule has 162 valence electrons. The molecule has 0 spiro atoms. The van der Waals surface area contributed by atoms with Crippen molar-refractivity contribution in [2.24, 2.45) is 0 Å². The minimum atomic E-state index is -1.25. The maximum Gasteiger partial charge on any atom is 0.356 e. The monoisotopic (exact) mass is 425 g/mol. The maximum absolute atomic E-state index is 13.0. The number of nitrogens with zero attached hydrogens (tertiary/aromatic N) is 1. The summed E-state index contributed by atoms with van der Waals surface area (Å²) in [5.74, 6) is -1.20. The van der Waals surface area contributed by atoms with Crippen LogP contribution in [0.1, 0.15) is 56.5 Å². The standard InChI is InChI=1S/C22H23N3O6/c1-5-15-17(21(27)29-4)13(3)18(23-15)22(28)30-19(14-9-7-6-8-10-14)20(26)24-16-11-12(2)31-25-16/h6-11,19,23H,5H2,1-4H3,(H,24,25,26). The number of esters is 2. The first-order chi connectivity index (χ1) is 14.8. The van der Waals surface area contributed by atoms with Gasteiger partial charge in [0, 0.05) is 17.3 Å². The molecule has 0 bridgehead atoms. The Morgan fingerprint density at radius 1 is 1.16 bits per heavy atom. The van der Waals surface area contributed by atoms with Crippen molar-refractivity contribution in [1.82, 2.24) is 10.1 Å². The van der Waals surface area contributed by atoms with E-state index in [0.717, 1.165) is 0 Å². The third kappa shape index (κ3) is 4.66. The summed E-state index contributed by atoms with van der Waals surface area (Å²) >= 11 is 0.